The molecule has 0 spiro atoms. The summed E-state index contributed by atoms with van der Waals surface area (Å²) in [5, 5.41) is 0.899. The first-order chi connectivity index (χ1) is 15.7. The van der Waals surface area contributed by atoms with Gasteiger partial charge in [0, 0.05) is 12.1 Å². The topological polar surface area (TPSA) is 106 Å². The Bertz CT molecular complexity index is 1260. The second-order valence-corrected chi connectivity index (χ2v) is 8.51. The number of nitrogens with zero attached hydrogens (tertiary/aromatic N) is 2. The molecule has 1 heterocycles. The summed E-state index contributed by atoms with van der Waals surface area (Å²) in [7, 11) is 1.84. The number of nitrogens with two attached hydrogens (primary N) is 1. The zero-order valence-corrected chi connectivity index (χ0v) is 19.9. The van der Waals surface area contributed by atoms with Crippen LogP contribution in [-0.4, -0.2) is 35.6 Å². The van der Waals surface area contributed by atoms with Crippen molar-refractivity contribution < 1.29 is 9.69 Å². The highest BCUT2D eigenvalue weighted by atomic mass is 35.5. The fraction of sp³-hybridized carbons (Fsp3) is 0.261. The monoisotopic (exact) mass is 490 g/mol. The van der Waals surface area contributed by atoms with Gasteiger partial charge in [-0.2, -0.15) is 0 Å². The summed E-state index contributed by atoms with van der Waals surface area (Å²) in [4.78, 5) is 42.6. The summed E-state index contributed by atoms with van der Waals surface area (Å²) in [5.74, 6) is -0.367. The van der Waals surface area contributed by atoms with Gasteiger partial charge in [0.15, 0.2) is 12.2 Å². The predicted octanol–water partition coefficient (Wildman–Crippen LogP) is 1.54. The minimum absolute atomic E-state index is 0.0355. The Labute approximate surface area is 201 Å². The van der Waals surface area contributed by atoms with Gasteiger partial charge in [0.1, 0.15) is 12.4 Å². The molecule has 0 radical (unpaired) electrons. The largest absolute Gasteiger partial charge is 0.383 e. The molecule has 2 aromatic carbocycles. The van der Waals surface area contributed by atoms with Gasteiger partial charge in [-0.15, -0.1) is 0 Å². The lowest BCUT2D eigenvalue weighted by molar-refractivity contribution is -0.885. The zero-order valence-electron chi connectivity index (χ0n) is 18.4. The van der Waals surface area contributed by atoms with Crippen LogP contribution in [0.2, 0.25) is 10.0 Å². The van der Waals surface area contributed by atoms with E-state index in [1.807, 2.05) is 43.4 Å². The van der Waals surface area contributed by atoms with Crippen molar-refractivity contribution in [1.82, 2.24) is 9.55 Å². The molecule has 174 valence electrons. The summed E-state index contributed by atoms with van der Waals surface area (Å²) in [6.07, 6.45) is 0. The number of carbonyl (C=O) groups excluding carboxylic acids is 1. The molecule has 1 atom stereocenters. The van der Waals surface area contributed by atoms with E-state index in [9.17, 15) is 14.4 Å². The van der Waals surface area contributed by atoms with Crippen molar-refractivity contribution in [1.29, 1.82) is 0 Å². The van der Waals surface area contributed by atoms with Crippen LogP contribution in [0.1, 0.15) is 18.1 Å². The number of nitrogens with one attached hydrogen (secondary N) is 2. The normalized spacial score (nSPS) is 11.9. The van der Waals surface area contributed by atoms with E-state index in [2.05, 4.69) is 4.98 Å². The number of amides is 1. The van der Waals surface area contributed by atoms with E-state index in [4.69, 9.17) is 28.9 Å². The van der Waals surface area contributed by atoms with E-state index in [1.165, 1.54) is 9.47 Å². The zero-order chi connectivity index (χ0) is 24.1. The van der Waals surface area contributed by atoms with E-state index >= 15 is 0 Å². The molecule has 1 aromatic heterocycles. The molecule has 0 bridgehead atoms. The molecule has 0 aliphatic carbocycles. The number of hydrogen-bond donors (Lipinski definition) is 3. The van der Waals surface area contributed by atoms with Gasteiger partial charge in [0.25, 0.3) is 11.5 Å². The van der Waals surface area contributed by atoms with Crippen molar-refractivity contribution in [3.63, 3.8) is 0 Å². The van der Waals surface area contributed by atoms with Crippen molar-refractivity contribution in [2.24, 2.45) is 0 Å². The maximum Gasteiger partial charge on any atom is 0.330 e. The van der Waals surface area contributed by atoms with Gasteiger partial charge in [0.05, 0.1) is 23.6 Å². The maximum absolute atomic E-state index is 13.1. The number of nitrogen functional groups attached to an aromatic ring is 1. The van der Waals surface area contributed by atoms with Gasteiger partial charge in [-0.05, 0) is 18.6 Å². The van der Waals surface area contributed by atoms with Gasteiger partial charge in [-0.25, -0.2) is 4.79 Å². The summed E-state index contributed by atoms with van der Waals surface area (Å²) in [6.45, 7) is 2.66. The maximum atomic E-state index is 13.1. The van der Waals surface area contributed by atoms with Crippen LogP contribution in [0.15, 0.2) is 58.1 Å². The number of anilines is 2. The number of aromatic nitrogens is 2. The number of halogens is 2. The highest BCUT2D eigenvalue weighted by Gasteiger charge is 2.25. The fourth-order valence-electron chi connectivity index (χ4n) is 3.65. The van der Waals surface area contributed by atoms with Crippen molar-refractivity contribution in [2.45, 2.75) is 20.0 Å². The lowest BCUT2D eigenvalue weighted by Gasteiger charge is -2.24. The third-order valence-electron chi connectivity index (χ3n) is 5.26. The molecule has 33 heavy (non-hydrogen) atoms. The molecule has 1 amide bonds. The molecule has 0 saturated carbocycles. The Morgan fingerprint density at radius 1 is 1.12 bits per heavy atom. The van der Waals surface area contributed by atoms with Crippen LogP contribution in [0.3, 0.4) is 0 Å². The van der Waals surface area contributed by atoms with Gasteiger partial charge >= 0.3 is 5.69 Å². The Morgan fingerprint density at radius 2 is 1.82 bits per heavy atom. The molecule has 0 fully saturated rings. The molecule has 10 heteroatoms. The number of H-pyrrole nitrogens is 1. The average molecular weight is 491 g/mol. The fourth-order valence-corrected chi connectivity index (χ4v) is 4.03. The second-order valence-electron chi connectivity index (χ2n) is 7.73. The summed E-state index contributed by atoms with van der Waals surface area (Å²) in [5.41, 5.74) is 6.52. The quantitative estimate of drug-likeness (QED) is 0.445. The van der Waals surface area contributed by atoms with Crippen LogP contribution in [0.4, 0.5) is 11.5 Å². The van der Waals surface area contributed by atoms with Gasteiger partial charge in [0.2, 0.25) is 0 Å². The molecule has 0 aliphatic rings. The van der Waals surface area contributed by atoms with Crippen LogP contribution in [0, 0.1) is 0 Å². The molecule has 0 saturated heterocycles. The molecule has 3 aromatic rings. The number of aromatic amines is 1. The molecule has 1 unspecified atom stereocenters. The summed E-state index contributed by atoms with van der Waals surface area (Å²) in [6, 6.07) is 14.6. The van der Waals surface area contributed by atoms with E-state index < -0.39 is 11.2 Å². The smallest absolute Gasteiger partial charge is 0.330 e. The van der Waals surface area contributed by atoms with Crippen LogP contribution >= 0.6 is 23.2 Å². The minimum Gasteiger partial charge on any atom is -0.383 e. The van der Waals surface area contributed by atoms with E-state index in [0.29, 0.717) is 16.6 Å². The summed E-state index contributed by atoms with van der Waals surface area (Å²) >= 11 is 12.3. The third kappa shape index (κ3) is 5.65. The van der Waals surface area contributed by atoms with Crippen molar-refractivity contribution in [2.75, 3.05) is 30.8 Å². The predicted molar refractivity (Wildman–Crippen MR) is 131 cm³/mol. The Hall–Kier alpha value is -3.07. The first-order valence-electron chi connectivity index (χ1n) is 10.4. The number of likely N-dealkylation sites (N-methyl/N-ethyl adjacent to an activating group) is 2. The summed E-state index contributed by atoms with van der Waals surface area (Å²) < 4.78 is 1.25. The molecular formula is C23H26Cl2N5O3+. The van der Waals surface area contributed by atoms with Crippen LogP contribution < -0.4 is 26.8 Å². The lowest BCUT2D eigenvalue weighted by Crippen LogP contribution is -3.09. The SMILES string of the molecule is CCN(C(=O)C[NH+](C)Cc1cccc(Cl)c1Cl)c1c(N)n(Cc2ccccc2)c(=O)[nH]c1=O. The Kier molecular flexibility index (Phi) is 7.97. The van der Waals surface area contributed by atoms with Crippen molar-refractivity contribution >= 4 is 40.6 Å². The van der Waals surface area contributed by atoms with E-state index in [0.717, 1.165) is 16.0 Å². The molecule has 3 rings (SSSR count). The van der Waals surface area contributed by atoms with Crippen LogP contribution in [0.25, 0.3) is 0 Å². The highest BCUT2D eigenvalue weighted by molar-refractivity contribution is 6.42. The average Bonchev–Trinajstić information content (AvgIpc) is 2.77. The van der Waals surface area contributed by atoms with Crippen molar-refractivity contribution in [3.05, 3.63) is 90.5 Å². The van der Waals surface area contributed by atoms with Gasteiger partial charge < -0.3 is 10.6 Å². The van der Waals surface area contributed by atoms with Crippen LogP contribution in [0.5, 0.6) is 0 Å². The lowest BCUT2D eigenvalue weighted by atomic mass is 10.2. The number of rotatable bonds is 8. The number of benzene rings is 2. The van der Waals surface area contributed by atoms with E-state index in [-0.39, 0.29) is 37.0 Å². The second kappa shape index (κ2) is 10.7. The Balaban J connectivity index is 1.86. The first kappa shape index (κ1) is 24.6. The molecule has 0 aliphatic heterocycles. The molecule has 8 nitrogen and oxygen atoms in total. The van der Waals surface area contributed by atoms with Gasteiger partial charge in [-0.1, -0.05) is 65.7 Å². The highest BCUT2D eigenvalue weighted by Crippen LogP contribution is 2.24. The molecular weight excluding hydrogens is 465 g/mol. The molecule has 4 N–H and O–H groups in total. The number of hydrogen-bond acceptors (Lipinski definition) is 4. The standard InChI is InChI=1S/C23H25Cl2N5O3/c1-3-29(18(31)14-28(2)13-16-10-7-11-17(24)19(16)25)20-21(26)30(23(33)27-22(20)32)12-15-8-5-4-6-9-15/h4-11H,3,12-14,26H2,1-2H3,(H,27,32,33)/p+1. The first-order valence-corrected chi connectivity index (χ1v) is 11.2. The van der Waals surface area contributed by atoms with Gasteiger partial charge in [-0.3, -0.25) is 24.0 Å². The third-order valence-corrected chi connectivity index (χ3v) is 6.12. The van der Waals surface area contributed by atoms with E-state index in [1.54, 1.807) is 19.1 Å². The number of quaternary nitrogens is 1. The minimum atomic E-state index is -0.701. The van der Waals surface area contributed by atoms with Crippen molar-refractivity contribution in [3.8, 4) is 0 Å². The Morgan fingerprint density at radius 3 is 2.48 bits per heavy atom. The number of carbonyl (C=O) groups is 1. The van der Waals surface area contributed by atoms with Crippen LogP contribution in [-0.2, 0) is 17.9 Å².